The Morgan fingerprint density at radius 1 is 1.40 bits per heavy atom. The van der Waals surface area contributed by atoms with Crippen molar-refractivity contribution in [3.63, 3.8) is 0 Å². The first-order chi connectivity index (χ1) is 9.61. The van der Waals surface area contributed by atoms with E-state index in [9.17, 15) is 9.90 Å². The van der Waals surface area contributed by atoms with Crippen LogP contribution in [0.3, 0.4) is 0 Å². The van der Waals surface area contributed by atoms with Gasteiger partial charge in [0, 0.05) is 16.5 Å². The number of halogens is 1. The summed E-state index contributed by atoms with van der Waals surface area (Å²) in [6.45, 7) is 1.90. The Labute approximate surface area is 122 Å². The molecule has 0 spiro atoms. The highest BCUT2D eigenvalue weighted by atomic mass is 79.9. The molecule has 0 aliphatic rings. The van der Waals surface area contributed by atoms with Gasteiger partial charge in [-0.3, -0.25) is 9.78 Å². The first-order valence-corrected chi connectivity index (χ1v) is 6.87. The molecular formula is C13H11BrN4O2. The van der Waals surface area contributed by atoms with Crippen LogP contribution in [0.15, 0.2) is 33.5 Å². The first kappa shape index (κ1) is 12.9. The molecule has 7 heteroatoms. The molecule has 0 aliphatic heterocycles. The third-order valence-corrected chi connectivity index (χ3v) is 3.68. The number of aromatic amines is 1. The summed E-state index contributed by atoms with van der Waals surface area (Å²) in [5, 5.41) is 14.5. The van der Waals surface area contributed by atoms with Crippen molar-refractivity contribution >= 4 is 21.7 Å². The quantitative estimate of drug-likeness (QED) is 0.751. The first-order valence-electron chi connectivity index (χ1n) is 6.07. The third-order valence-electron chi connectivity index (χ3n) is 2.99. The molecule has 6 nitrogen and oxygen atoms in total. The number of nitrogens with zero attached hydrogens (tertiary/aromatic N) is 3. The molecule has 0 aliphatic carbocycles. The van der Waals surface area contributed by atoms with Gasteiger partial charge in [0.05, 0.1) is 0 Å². The van der Waals surface area contributed by atoms with Gasteiger partial charge in [-0.1, -0.05) is 41.1 Å². The smallest absolute Gasteiger partial charge is 0.264 e. The number of aromatic nitrogens is 4. The average molecular weight is 335 g/mol. The van der Waals surface area contributed by atoms with Gasteiger partial charge >= 0.3 is 0 Å². The van der Waals surface area contributed by atoms with Crippen molar-refractivity contribution in [1.29, 1.82) is 0 Å². The van der Waals surface area contributed by atoms with Gasteiger partial charge in [0.15, 0.2) is 5.82 Å². The number of nitrogens with one attached hydrogen (secondary N) is 1. The number of fused-ring (bicyclic) bond motifs is 1. The summed E-state index contributed by atoms with van der Waals surface area (Å²) in [7, 11) is 0. The SMILES string of the molecule is CCc1nc2[nH]c(=O)c(-c3ccccc3Br)c(O)n2n1. The molecule has 102 valence electrons. The molecule has 1 aromatic carbocycles. The lowest BCUT2D eigenvalue weighted by atomic mass is 10.1. The van der Waals surface area contributed by atoms with Crippen molar-refractivity contribution < 1.29 is 5.11 Å². The molecule has 0 unspecified atom stereocenters. The fourth-order valence-corrected chi connectivity index (χ4v) is 2.49. The van der Waals surface area contributed by atoms with Crippen LogP contribution in [0.5, 0.6) is 5.88 Å². The number of H-pyrrole nitrogens is 1. The van der Waals surface area contributed by atoms with Gasteiger partial charge in [0.2, 0.25) is 11.7 Å². The van der Waals surface area contributed by atoms with E-state index in [1.165, 1.54) is 4.52 Å². The maximum absolute atomic E-state index is 12.2. The van der Waals surface area contributed by atoms with Crippen molar-refractivity contribution in [2.45, 2.75) is 13.3 Å². The average Bonchev–Trinajstić information content (AvgIpc) is 2.84. The van der Waals surface area contributed by atoms with Crippen molar-refractivity contribution in [3.8, 4) is 17.0 Å². The zero-order valence-electron chi connectivity index (χ0n) is 10.6. The summed E-state index contributed by atoms with van der Waals surface area (Å²) in [5.41, 5.74) is 0.358. The lowest BCUT2D eigenvalue weighted by molar-refractivity contribution is 0.436. The lowest BCUT2D eigenvalue weighted by Gasteiger charge is -2.06. The Kier molecular flexibility index (Phi) is 3.06. The summed E-state index contributed by atoms with van der Waals surface area (Å²) < 4.78 is 1.96. The Balaban J connectivity index is 2.37. The Hall–Kier alpha value is -2.15. The number of rotatable bonds is 2. The van der Waals surface area contributed by atoms with Gasteiger partial charge in [-0.2, -0.15) is 9.50 Å². The fourth-order valence-electron chi connectivity index (χ4n) is 2.01. The molecule has 2 heterocycles. The van der Waals surface area contributed by atoms with E-state index in [1.807, 2.05) is 13.0 Å². The highest BCUT2D eigenvalue weighted by molar-refractivity contribution is 9.10. The maximum Gasteiger partial charge on any atom is 0.264 e. The van der Waals surface area contributed by atoms with E-state index in [-0.39, 0.29) is 17.2 Å². The van der Waals surface area contributed by atoms with Gasteiger partial charge in [-0.05, 0) is 6.07 Å². The van der Waals surface area contributed by atoms with Crippen LogP contribution in [0, 0.1) is 0 Å². The summed E-state index contributed by atoms with van der Waals surface area (Å²) in [5.74, 6) is 0.572. The molecule has 0 saturated carbocycles. The van der Waals surface area contributed by atoms with E-state index in [1.54, 1.807) is 18.2 Å². The Morgan fingerprint density at radius 2 is 2.15 bits per heavy atom. The fraction of sp³-hybridized carbons (Fsp3) is 0.154. The maximum atomic E-state index is 12.2. The van der Waals surface area contributed by atoms with Crippen LogP contribution in [-0.2, 0) is 6.42 Å². The summed E-state index contributed by atoms with van der Waals surface area (Å²) in [6, 6.07) is 7.18. The molecule has 2 aromatic heterocycles. The number of aryl methyl sites for hydroxylation is 1. The molecule has 0 fully saturated rings. The van der Waals surface area contributed by atoms with Gasteiger partial charge < -0.3 is 5.11 Å². The highest BCUT2D eigenvalue weighted by Gasteiger charge is 2.18. The molecule has 0 bridgehead atoms. The minimum absolute atomic E-state index is 0.164. The van der Waals surface area contributed by atoms with Crippen molar-refractivity contribution in [2.24, 2.45) is 0 Å². The highest BCUT2D eigenvalue weighted by Crippen LogP contribution is 2.31. The molecule has 0 atom stereocenters. The number of hydrogen-bond acceptors (Lipinski definition) is 4. The van der Waals surface area contributed by atoms with Gasteiger partial charge in [0.1, 0.15) is 5.56 Å². The third kappa shape index (κ3) is 1.90. The standard InChI is InChI=1S/C13H11BrN4O2/c1-2-9-15-13-16-11(19)10(12(20)18(13)17-9)7-5-3-4-6-8(7)14/h3-6,20H,2H2,1H3,(H,15,16,17,19). The van der Waals surface area contributed by atoms with E-state index in [4.69, 9.17) is 0 Å². The lowest BCUT2D eigenvalue weighted by Crippen LogP contribution is -2.13. The second kappa shape index (κ2) is 4.75. The number of aromatic hydroxyl groups is 1. The van der Waals surface area contributed by atoms with Crippen LogP contribution in [-0.4, -0.2) is 24.7 Å². The second-order valence-corrected chi connectivity index (χ2v) is 5.10. The minimum Gasteiger partial charge on any atom is -0.493 e. The summed E-state index contributed by atoms with van der Waals surface area (Å²) in [4.78, 5) is 19.0. The van der Waals surface area contributed by atoms with E-state index in [2.05, 4.69) is 31.0 Å². The van der Waals surface area contributed by atoms with Crippen LogP contribution in [0.4, 0.5) is 0 Å². The number of benzene rings is 1. The second-order valence-electron chi connectivity index (χ2n) is 4.25. The van der Waals surface area contributed by atoms with Crippen molar-refractivity contribution in [2.75, 3.05) is 0 Å². The number of hydrogen-bond donors (Lipinski definition) is 2. The molecule has 3 aromatic rings. The molecule has 0 amide bonds. The topological polar surface area (TPSA) is 83.3 Å². The predicted octanol–water partition coefficient (Wildman–Crippen LogP) is 2.12. The van der Waals surface area contributed by atoms with Gasteiger partial charge in [-0.15, -0.1) is 5.10 Å². The van der Waals surface area contributed by atoms with E-state index in [0.717, 1.165) is 4.47 Å². The monoisotopic (exact) mass is 334 g/mol. The van der Waals surface area contributed by atoms with Crippen LogP contribution in [0.1, 0.15) is 12.7 Å². The molecule has 0 saturated heterocycles. The van der Waals surface area contributed by atoms with E-state index >= 15 is 0 Å². The summed E-state index contributed by atoms with van der Waals surface area (Å²) in [6.07, 6.45) is 0.619. The normalized spacial score (nSPS) is 11.1. The predicted molar refractivity (Wildman–Crippen MR) is 77.8 cm³/mol. The Bertz CT molecular complexity index is 853. The van der Waals surface area contributed by atoms with Crippen LogP contribution < -0.4 is 5.56 Å². The molecule has 20 heavy (non-hydrogen) atoms. The Morgan fingerprint density at radius 3 is 2.85 bits per heavy atom. The molecule has 0 radical (unpaired) electrons. The molecule has 2 N–H and O–H groups in total. The van der Waals surface area contributed by atoms with Gasteiger partial charge in [0.25, 0.3) is 5.56 Å². The van der Waals surface area contributed by atoms with E-state index < -0.39 is 5.56 Å². The van der Waals surface area contributed by atoms with Crippen LogP contribution in [0.2, 0.25) is 0 Å². The van der Waals surface area contributed by atoms with Crippen LogP contribution in [0.25, 0.3) is 16.9 Å². The molecular weight excluding hydrogens is 324 g/mol. The van der Waals surface area contributed by atoms with Crippen LogP contribution >= 0.6 is 15.9 Å². The largest absolute Gasteiger partial charge is 0.493 e. The minimum atomic E-state index is -0.406. The zero-order valence-corrected chi connectivity index (χ0v) is 12.2. The van der Waals surface area contributed by atoms with Gasteiger partial charge in [-0.25, -0.2) is 0 Å². The zero-order chi connectivity index (χ0) is 14.3. The van der Waals surface area contributed by atoms with Crippen molar-refractivity contribution in [3.05, 3.63) is 44.9 Å². The molecule has 3 rings (SSSR count). The van der Waals surface area contributed by atoms with Crippen molar-refractivity contribution in [1.82, 2.24) is 19.6 Å². The summed E-state index contributed by atoms with van der Waals surface area (Å²) >= 11 is 3.38. The van der Waals surface area contributed by atoms with E-state index in [0.29, 0.717) is 17.8 Å².